The summed E-state index contributed by atoms with van der Waals surface area (Å²) in [5.74, 6) is 0. The van der Waals surface area contributed by atoms with Crippen molar-refractivity contribution in [2.75, 3.05) is 13.1 Å². The van der Waals surface area contributed by atoms with Gasteiger partial charge in [0.1, 0.15) is 0 Å². The summed E-state index contributed by atoms with van der Waals surface area (Å²) in [6.07, 6.45) is 4.14. The maximum Gasteiger partial charge on any atom is 0.0963 e. The van der Waals surface area contributed by atoms with E-state index in [2.05, 4.69) is 41.0 Å². The molecule has 16 heavy (non-hydrogen) atoms. The monoisotopic (exact) mass is 224 g/mol. The van der Waals surface area contributed by atoms with E-state index in [9.17, 15) is 0 Å². The van der Waals surface area contributed by atoms with E-state index < -0.39 is 0 Å². The van der Waals surface area contributed by atoms with Gasteiger partial charge in [-0.1, -0.05) is 20.8 Å². The molecule has 2 N–H and O–H groups in total. The number of imidazole rings is 1. The average molecular weight is 224 g/mol. The van der Waals surface area contributed by atoms with Gasteiger partial charge in [0.15, 0.2) is 0 Å². The number of nitrogens with one attached hydrogen (secondary N) is 2. The highest BCUT2D eigenvalue weighted by atomic mass is 15.2. The molecule has 0 saturated carbocycles. The van der Waals surface area contributed by atoms with Gasteiger partial charge >= 0.3 is 0 Å². The van der Waals surface area contributed by atoms with Crippen LogP contribution in [0.15, 0.2) is 6.33 Å². The molecule has 0 aliphatic rings. The number of rotatable bonds is 8. The summed E-state index contributed by atoms with van der Waals surface area (Å²) < 4.78 is 2.20. The molecule has 0 fully saturated rings. The topological polar surface area (TPSA) is 41.9 Å². The second-order valence-corrected chi connectivity index (χ2v) is 3.90. The summed E-state index contributed by atoms with van der Waals surface area (Å²) in [6.45, 7) is 10.3. The Morgan fingerprint density at radius 3 is 2.69 bits per heavy atom. The van der Waals surface area contributed by atoms with Gasteiger partial charge in [0.05, 0.1) is 18.7 Å². The van der Waals surface area contributed by atoms with Crippen LogP contribution in [0.3, 0.4) is 0 Å². The highest BCUT2D eigenvalue weighted by molar-refractivity contribution is 5.13. The molecule has 4 nitrogen and oxygen atoms in total. The van der Waals surface area contributed by atoms with Crippen LogP contribution in [-0.2, 0) is 19.6 Å². The number of nitrogens with zero attached hydrogens (tertiary/aromatic N) is 2. The van der Waals surface area contributed by atoms with Crippen LogP contribution in [0, 0.1) is 0 Å². The Hall–Kier alpha value is -0.870. The van der Waals surface area contributed by atoms with Gasteiger partial charge in [-0.15, -0.1) is 0 Å². The Balaban J connectivity index is 2.58. The fourth-order valence-corrected chi connectivity index (χ4v) is 1.76. The molecule has 92 valence electrons. The van der Waals surface area contributed by atoms with Crippen LogP contribution in [0.1, 0.15) is 38.6 Å². The lowest BCUT2D eigenvalue weighted by atomic mass is 10.2. The minimum atomic E-state index is 0.862. The highest BCUT2D eigenvalue weighted by Crippen LogP contribution is 2.07. The smallest absolute Gasteiger partial charge is 0.0963 e. The molecular formula is C12H24N4. The second kappa shape index (κ2) is 7.41. The third-order valence-electron chi connectivity index (χ3n) is 2.62. The lowest BCUT2D eigenvalue weighted by Gasteiger charge is -2.08. The quantitative estimate of drug-likeness (QED) is 0.658. The van der Waals surface area contributed by atoms with E-state index >= 15 is 0 Å². The normalized spacial score (nSPS) is 10.9. The van der Waals surface area contributed by atoms with Gasteiger partial charge in [0, 0.05) is 12.2 Å². The first-order chi connectivity index (χ1) is 7.83. The van der Waals surface area contributed by atoms with Crippen molar-refractivity contribution in [1.82, 2.24) is 20.2 Å². The Bertz CT molecular complexity index is 293. The summed E-state index contributed by atoms with van der Waals surface area (Å²) in [6, 6.07) is 0. The molecule has 0 aromatic carbocycles. The lowest BCUT2D eigenvalue weighted by molar-refractivity contribution is 0.557. The maximum atomic E-state index is 4.47. The predicted molar refractivity (Wildman–Crippen MR) is 67.3 cm³/mol. The average Bonchev–Trinajstić information content (AvgIpc) is 2.69. The highest BCUT2D eigenvalue weighted by Gasteiger charge is 2.07. The minimum Gasteiger partial charge on any atom is -0.321 e. The number of hydrogen-bond donors (Lipinski definition) is 2. The van der Waals surface area contributed by atoms with Crippen molar-refractivity contribution in [1.29, 1.82) is 0 Å². The van der Waals surface area contributed by atoms with E-state index in [1.807, 2.05) is 6.33 Å². The zero-order valence-electron chi connectivity index (χ0n) is 10.7. The van der Waals surface area contributed by atoms with Crippen molar-refractivity contribution < 1.29 is 0 Å². The van der Waals surface area contributed by atoms with Gasteiger partial charge in [-0.3, -0.25) is 5.32 Å². The first-order valence-electron chi connectivity index (χ1n) is 6.27. The van der Waals surface area contributed by atoms with Crippen molar-refractivity contribution in [3.63, 3.8) is 0 Å². The first-order valence-corrected chi connectivity index (χ1v) is 6.27. The molecule has 1 aromatic heterocycles. The van der Waals surface area contributed by atoms with E-state index in [0.717, 1.165) is 32.7 Å². The van der Waals surface area contributed by atoms with Crippen molar-refractivity contribution in [2.45, 2.75) is 46.8 Å². The predicted octanol–water partition coefficient (Wildman–Crippen LogP) is 1.51. The van der Waals surface area contributed by atoms with Gasteiger partial charge in [0.25, 0.3) is 0 Å². The van der Waals surface area contributed by atoms with Crippen LogP contribution in [0.5, 0.6) is 0 Å². The summed E-state index contributed by atoms with van der Waals surface area (Å²) in [4.78, 5) is 4.47. The summed E-state index contributed by atoms with van der Waals surface area (Å²) >= 11 is 0. The molecule has 1 aromatic rings. The molecule has 1 heterocycles. The maximum absolute atomic E-state index is 4.47. The van der Waals surface area contributed by atoms with Crippen molar-refractivity contribution >= 4 is 0 Å². The molecule has 0 atom stereocenters. The molecule has 0 saturated heterocycles. The Kier molecular flexibility index (Phi) is 6.11. The SMILES string of the molecule is CCCNCc1ncn(CNCC)c1CC. The van der Waals surface area contributed by atoms with Crippen LogP contribution >= 0.6 is 0 Å². The molecule has 0 radical (unpaired) electrons. The first kappa shape index (κ1) is 13.2. The van der Waals surface area contributed by atoms with Crippen LogP contribution in [0.4, 0.5) is 0 Å². The van der Waals surface area contributed by atoms with Gasteiger partial charge < -0.3 is 9.88 Å². The Morgan fingerprint density at radius 1 is 1.25 bits per heavy atom. The third kappa shape index (κ3) is 3.61. The van der Waals surface area contributed by atoms with Crippen LogP contribution < -0.4 is 10.6 Å². The molecule has 0 spiro atoms. The molecule has 0 amide bonds. The standard InChI is InChI=1S/C12H24N4/c1-4-7-14-8-11-12(5-2)16(10-15-11)9-13-6-3/h10,13-14H,4-9H2,1-3H3. The van der Waals surface area contributed by atoms with E-state index in [0.29, 0.717) is 0 Å². The van der Waals surface area contributed by atoms with E-state index in [1.165, 1.54) is 17.8 Å². The van der Waals surface area contributed by atoms with Crippen molar-refractivity contribution in [3.05, 3.63) is 17.7 Å². The third-order valence-corrected chi connectivity index (χ3v) is 2.62. The fourth-order valence-electron chi connectivity index (χ4n) is 1.76. The minimum absolute atomic E-state index is 0.862. The molecule has 0 bridgehead atoms. The van der Waals surface area contributed by atoms with Gasteiger partial charge in [-0.25, -0.2) is 4.98 Å². The second-order valence-electron chi connectivity index (χ2n) is 3.90. The van der Waals surface area contributed by atoms with E-state index in [-0.39, 0.29) is 0 Å². The zero-order valence-corrected chi connectivity index (χ0v) is 10.7. The van der Waals surface area contributed by atoms with Crippen molar-refractivity contribution in [3.8, 4) is 0 Å². The zero-order chi connectivity index (χ0) is 11.8. The fraction of sp³-hybridized carbons (Fsp3) is 0.750. The Morgan fingerprint density at radius 2 is 2.06 bits per heavy atom. The van der Waals surface area contributed by atoms with E-state index in [4.69, 9.17) is 0 Å². The summed E-state index contributed by atoms with van der Waals surface area (Å²) in [5.41, 5.74) is 2.53. The van der Waals surface area contributed by atoms with Crippen molar-refractivity contribution in [2.24, 2.45) is 0 Å². The summed E-state index contributed by atoms with van der Waals surface area (Å²) in [7, 11) is 0. The van der Waals surface area contributed by atoms with Gasteiger partial charge in [-0.2, -0.15) is 0 Å². The Labute approximate surface area is 98.5 Å². The van der Waals surface area contributed by atoms with Crippen LogP contribution in [0.25, 0.3) is 0 Å². The largest absolute Gasteiger partial charge is 0.321 e. The van der Waals surface area contributed by atoms with Gasteiger partial charge in [-0.05, 0) is 25.9 Å². The molecule has 0 aliphatic heterocycles. The van der Waals surface area contributed by atoms with Crippen LogP contribution in [-0.4, -0.2) is 22.6 Å². The van der Waals surface area contributed by atoms with Crippen LogP contribution in [0.2, 0.25) is 0 Å². The number of hydrogen-bond acceptors (Lipinski definition) is 3. The number of aromatic nitrogens is 2. The molecule has 4 heteroatoms. The molecule has 0 aliphatic carbocycles. The molecule has 1 rings (SSSR count). The lowest BCUT2D eigenvalue weighted by Crippen LogP contribution is -2.20. The molecule has 0 unspecified atom stereocenters. The summed E-state index contributed by atoms with van der Waals surface area (Å²) in [5, 5.41) is 6.72. The van der Waals surface area contributed by atoms with E-state index in [1.54, 1.807) is 0 Å². The van der Waals surface area contributed by atoms with Gasteiger partial charge in [0.2, 0.25) is 0 Å². The molecular weight excluding hydrogens is 200 g/mol.